The first-order valence-electron chi connectivity index (χ1n) is 26.6. The molecule has 0 aromatic heterocycles. The van der Waals surface area contributed by atoms with Crippen molar-refractivity contribution in [2.45, 2.75) is 139 Å². The van der Waals surface area contributed by atoms with Gasteiger partial charge in [0.1, 0.15) is 54.9 Å². The number of hydrogen-bond donors (Lipinski definition) is 18. The predicted molar refractivity (Wildman–Crippen MR) is 292 cm³/mol. The first kappa shape index (κ1) is 71.6. The number of aliphatic carboxylic acids is 4. The minimum Gasteiger partial charge on any atom is -0.481 e. The van der Waals surface area contributed by atoms with Crippen LogP contribution in [0.5, 0.6) is 0 Å². The number of aliphatic hydroxyl groups is 1. The number of carboxylic acids is 4. The van der Waals surface area contributed by atoms with Crippen LogP contribution in [0.15, 0.2) is 35.3 Å². The van der Waals surface area contributed by atoms with Gasteiger partial charge in [-0.15, -0.1) is 0 Å². The first-order valence-corrected chi connectivity index (χ1v) is 26.6. The Balaban J connectivity index is 2.40. The molecule has 1 aromatic carbocycles. The normalized spacial score (nSPS) is 15.8. The summed E-state index contributed by atoms with van der Waals surface area (Å²) in [5, 5.41) is 68.4. The van der Waals surface area contributed by atoms with Crippen LogP contribution in [0.1, 0.15) is 83.6 Å². The van der Waals surface area contributed by atoms with Crippen molar-refractivity contribution in [2.24, 2.45) is 33.8 Å². The number of likely N-dealkylation sites (tertiary alicyclic amines) is 1. The molecule has 470 valence electrons. The molecule has 10 atom stereocenters. The van der Waals surface area contributed by atoms with Crippen molar-refractivity contribution in [1.82, 2.24) is 52.8 Å². The highest BCUT2D eigenvalue weighted by Gasteiger charge is 2.38. The Kier molecular flexibility index (Phi) is 30.4. The molecule has 11 amide bonds. The maximum atomic E-state index is 14.1. The van der Waals surface area contributed by atoms with Crippen LogP contribution in [0.4, 0.5) is 0 Å². The van der Waals surface area contributed by atoms with Crippen molar-refractivity contribution in [1.29, 1.82) is 0 Å². The Bertz CT molecular complexity index is 2620. The molecule has 0 aliphatic carbocycles. The maximum absolute atomic E-state index is 14.1. The van der Waals surface area contributed by atoms with Crippen molar-refractivity contribution in [3.05, 3.63) is 35.9 Å². The fourth-order valence-corrected chi connectivity index (χ4v) is 8.23. The Hall–Kier alpha value is -9.54. The average molecular weight is 1210 g/mol. The number of amides is 11. The van der Waals surface area contributed by atoms with Crippen molar-refractivity contribution < 1.29 is 97.5 Å². The van der Waals surface area contributed by atoms with Gasteiger partial charge in [-0.3, -0.25) is 76.9 Å². The van der Waals surface area contributed by atoms with Crippen molar-refractivity contribution in [3.63, 3.8) is 0 Å². The van der Waals surface area contributed by atoms with Gasteiger partial charge in [-0.1, -0.05) is 50.6 Å². The molecular weight excluding hydrogens is 1130 g/mol. The molecule has 1 saturated heterocycles. The molecule has 0 bridgehead atoms. The van der Waals surface area contributed by atoms with E-state index in [2.05, 4.69) is 52.8 Å². The second-order valence-electron chi connectivity index (χ2n) is 19.5. The summed E-state index contributed by atoms with van der Waals surface area (Å²) in [6.07, 6.45) is -4.52. The lowest BCUT2D eigenvalue weighted by Gasteiger charge is -2.29. The molecule has 0 radical (unpaired) electrons. The number of hydrogen-bond acceptors (Lipinski definition) is 18. The SMILES string of the molecule is CC[C@H](C)[C@H](NC(=O)[C@H](CCC(=O)O)NC(=O)[C@H](CC(=O)O)NC(=O)[C@H](Cc1ccccc1)NC(=O)[C@@H](N)CC(N)=O)C(=O)N[C@@H](CC(=O)O)C(=O)N[C@@H](CCCN=C(N)N)C(=O)N[C@@H](CO)C(=O)NCC(=O)N1CCC[C@H]1C(=O)NCC(=O)O. The summed E-state index contributed by atoms with van der Waals surface area (Å²) in [7, 11) is 0. The lowest BCUT2D eigenvalue weighted by Crippen LogP contribution is -2.61. The zero-order valence-corrected chi connectivity index (χ0v) is 46.5. The Labute approximate surface area is 485 Å². The van der Waals surface area contributed by atoms with Gasteiger partial charge in [-0.05, 0) is 43.6 Å². The molecule has 0 saturated carbocycles. The summed E-state index contributed by atoms with van der Waals surface area (Å²) in [5.74, 6) is -19.5. The molecule has 0 unspecified atom stereocenters. The van der Waals surface area contributed by atoms with Crippen LogP contribution in [-0.4, -0.2) is 212 Å². The number of guanidine groups is 1. The Morgan fingerprint density at radius 3 is 1.65 bits per heavy atom. The Morgan fingerprint density at radius 2 is 1.12 bits per heavy atom. The number of carboxylic acid groups (broad SMARTS) is 4. The average Bonchev–Trinajstić information content (AvgIpc) is 4.02. The van der Waals surface area contributed by atoms with Gasteiger partial charge in [0.15, 0.2) is 5.96 Å². The summed E-state index contributed by atoms with van der Waals surface area (Å²) in [6.45, 7) is 0.388. The number of carbonyl (C=O) groups is 15. The number of nitrogens with one attached hydrogen (secondary N) is 9. The molecule has 1 aliphatic rings. The molecule has 2 rings (SSSR count). The number of rotatable bonds is 38. The zero-order chi connectivity index (χ0) is 64.1. The van der Waals surface area contributed by atoms with Gasteiger partial charge in [-0.2, -0.15) is 0 Å². The smallest absolute Gasteiger partial charge is 0.322 e. The van der Waals surface area contributed by atoms with Gasteiger partial charge in [-0.25, -0.2) is 0 Å². The van der Waals surface area contributed by atoms with Gasteiger partial charge in [0.05, 0.1) is 38.5 Å². The summed E-state index contributed by atoms with van der Waals surface area (Å²) in [5.41, 5.74) is 22.2. The van der Waals surface area contributed by atoms with Crippen LogP contribution in [0.2, 0.25) is 0 Å². The van der Waals surface area contributed by atoms with Gasteiger partial charge >= 0.3 is 23.9 Å². The zero-order valence-electron chi connectivity index (χ0n) is 46.5. The fraction of sp³-hybridized carbons (Fsp3) is 0.560. The minimum atomic E-state index is -2.05. The second-order valence-corrected chi connectivity index (χ2v) is 19.5. The van der Waals surface area contributed by atoms with E-state index in [1.807, 2.05) is 0 Å². The molecular formula is C50H75N15O20. The van der Waals surface area contributed by atoms with E-state index in [1.165, 1.54) is 6.92 Å². The number of primary amides is 1. The van der Waals surface area contributed by atoms with Crippen LogP contribution in [-0.2, 0) is 78.3 Å². The molecule has 1 heterocycles. The molecule has 1 fully saturated rings. The molecule has 1 aromatic rings. The first-order chi connectivity index (χ1) is 40.0. The number of nitrogens with zero attached hydrogens (tertiary/aromatic N) is 2. The lowest BCUT2D eigenvalue weighted by atomic mass is 9.96. The molecule has 0 spiro atoms. The van der Waals surface area contributed by atoms with Gasteiger partial charge in [0, 0.05) is 25.9 Å². The topological polar surface area (TPSA) is 585 Å². The quantitative estimate of drug-likeness (QED) is 0.0166. The summed E-state index contributed by atoms with van der Waals surface area (Å²) in [6, 6.07) is -7.39. The third-order valence-corrected chi connectivity index (χ3v) is 12.9. The minimum absolute atomic E-state index is 0.0687. The summed E-state index contributed by atoms with van der Waals surface area (Å²) < 4.78 is 0. The largest absolute Gasteiger partial charge is 0.481 e. The number of carbonyl (C=O) groups excluding carboxylic acids is 11. The number of aliphatic hydroxyl groups excluding tert-OH is 1. The number of nitrogens with two attached hydrogens (primary N) is 4. The summed E-state index contributed by atoms with van der Waals surface area (Å²) in [4.78, 5) is 199. The number of benzene rings is 1. The van der Waals surface area contributed by atoms with E-state index in [-0.39, 0.29) is 51.2 Å². The number of aliphatic imine (C=N–C) groups is 1. The monoisotopic (exact) mass is 1210 g/mol. The van der Waals surface area contributed by atoms with E-state index in [9.17, 15) is 92.3 Å². The van der Waals surface area contributed by atoms with Gasteiger partial charge in [0.25, 0.3) is 0 Å². The van der Waals surface area contributed by atoms with E-state index in [1.54, 1.807) is 37.3 Å². The molecule has 35 heteroatoms. The van der Waals surface area contributed by atoms with E-state index in [0.717, 1.165) is 4.90 Å². The fourth-order valence-electron chi connectivity index (χ4n) is 8.23. The van der Waals surface area contributed by atoms with Crippen LogP contribution < -0.4 is 70.8 Å². The van der Waals surface area contributed by atoms with Crippen LogP contribution >= 0.6 is 0 Å². The third kappa shape index (κ3) is 26.1. The van der Waals surface area contributed by atoms with Crippen LogP contribution in [0.3, 0.4) is 0 Å². The van der Waals surface area contributed by atoms with E-state index < -0.39 is 201 Å². The van der Waals surface area contributed by atoms with Gasteiger partial charge in [0.2, 0.25) is 65.0 Å². The summed E-state index contributed by atoms with van der Waals surface area (Å²) >= 11 is 0. The molecule has 22 N–H and O–H groups in total. The van der Waals surface area contributed by atoms with Crippen molar-refractivity contribution in [3.8, 4) is 0 Å². The van der Waals surface area contributed by atoms with Gasteiger partial charge < -0.3 is 101 Å². The van der Waals surface area contributed by atoms with E-state index in [4.69, 9.17) is 28.0 Å². The van der Waals surface area contributed by atoms with Crippen molar-refractivity contribution in [2.75, 3.05) is 32.8 Å². The highest BCUT2D eigenvalue weighted by Crippen LogP contribution is 2.18. The van der Waals surface area contributed by atoms with Crippen LogP contribution in [0, 0.1) is 5.92 Å². The maximum Gasteiger partial charge on any atom is 0.322 e. The highest BCUT2D eigenvalue weighted by atomic mass is 16.4. The second kappa shape index (κ2) is 36.1. The lowest BCUT2D eigenvalue weighted by molar-refractivity contribution is -0.143. The highest BCUT2D eigenvalue weighted by molar-refractivity contribution is 6.00. The van der Waals surface area contributed by atoms with Crippen molar-refractivity contribution >= 4 is 94.8 Å². The predicted octanol–water partition coefficient (Wildman–Crippen LogP) is -7.96. The molecule has 85 heavy (non-hydrogen) atoms. The Morgan fingerprint density at radius 1 is 0.600 bits per heavy atom. The molecule has 35 nitrogen and oxygen atoms in total. The third-order valence-electron chi connectivity index (χ3n) is 12.9. The van der Waals surface area contributed by atoms with Crippen LogP contribution in [0.25, 0.3) is 0 Å². The molecule has 1 aliphatic heterocycles. The standard InChI is InChI=1S/C50H75N15O20/c1-3-24(2)40(64-44(80)28(13-14-36(69)70)59-46(82)30(19-37(71)72)61-45(81)29(17-25-9-5-4-6-10-25)60-41(77)26(51)18-34(52)67)49(85)62-31(20-38(73)74)47(83)58-27(11-7-15-55-50(53)54)43(79)63-32(23-66)42(78)56-21-35(68)65-16-8-12-33(65)48(84)57-22-39(75)76/h4-6,9-10,24,26-33,40,66H,3,7-8,11-23,51H2,1-2H3,(H2,52,67)(H,56,78)(H,57,84)(H,58,83)(H,59,82)(H,60,77)(H,61,81)(H,62,85)(H,63,79)(H,64,80)(H,69,70)(H,71,72)(H,73,74)(H,75,76)(H4,53,54,55)/t24-,26-,27-,28-,29-,30-,31-,32-,33-,40-/m0/s1. The van der Waals surface area contributed by atoms with E-state index in [0.29, 0.717) is 12.0 Å². The van der Waals surface area contributed by atoms with E-state index >= 15 is 0 Å².